The van der Waals surface area contributed by atoms with E-state index in [1.165, 1.54) is 11.1 Å². The molecule has 0 spiro atoms. The van der Waals surface area contributed by atoms with Crippen LogP contribution < -0.4 is 0 Å². The van der Waals surface area contributed by atoms with E-state index in [9.17, 15) is 4.79 Å². The molecule has 0 radical (unpaired) electrons. The van der Waals surface area contributed by atoms with Crippen molar-refractivity contribution in [3.05, 3.63) is 12.7 Å². The van der Waals surface area contributed by atoms with Crippen LogP contribution in [0.25, 0.3) is 0 Å². The highest BCUT2D eigenvalue weighted by molar-refractivity contribution is 5.73. The molecule has 0 bridgehead atoms. The van der Waals surface area contributed by atoms with Crippen molar-refractivity contribution in [1.82, 2.24) is 4.90 Å². The van der Waals surface area contributed by atoms with Crippen LogP contribution in [0.5, 0.6) is 0 Å². The summed E-state index contributed by atoms with van der Waals surface area (Å²) in [5.74, 6) is 0. The van der Waals surface area contributed by atoms with Crippen molar-refractivity contribution in [1.29, 1.82) is 0 Å². The number of amides is 1. The van der Waals surface area contributed by atoms with Gasteiger partial charge in [-0.3, -0.25) is 4.90 Å². The number of carbonyl (C=O) groups is 1. The number of carbonyl (C=O) groups excluding carboxylic acids is 1. The molecule has 0 unspecified atom stereocenters. The molecule has 5 heteroatoms. The van der Waals surface area contributed by atoms with Gasteiger partial charge in [0.15, 0.2) is 0 Å². The highest BCUT2D eigenvalue weighted by atomic mass is 16.6. The first kappa shape index (κ1) is 13.5. The van der Waals surface area contributed by atoms with Gasteiger partial charge < -0.3 is 9.94 Å². The van der Waals surface area contributed by atoms with E-state index in [2.05, 4.69) is 11.7 Å². The molecular weight excluding hydrogens is 196 g/mol. The van der Waals surface area contributed by atoms with Gasteiger partial charge in [0, 0.05) is 6.54 Å². The Morgan fingerprint density at radius 1 is 1.53 bits per heavy atom. The predicted octanol–water partition coefficient (Wildman–Crippen LogP) is 1.87. The lowest BCUT2D eigenvalue weighted by Gasteiger charge is -2.25. The Balaban J connectivity index is 4.34. The van der Waals surface area contributed by atoms with Gasteiger partial charge >= 0.3 is 6.09 Å². The quantitative estimate of drug-likeness (QED) is 0.336. The Labute approximate surface area is 90.0 Å². The Bertz CT molecular complexity index is 244. The minimum atomic E-state index is -0.535. The number of ether oxygens (including phenoxy) is 1. The van der Waals surface area contributed by atoms with E-state index in [0.29, 0.717) is 6.54 Å². The zero-order chi connectivity index (χ0) is 11.9. The minimum Gasteiger partial charge on any atom is -0.444 e. The van der Waals surface area contributed by atoms with Crippen molar-refractivity contribution in [3.63, 3.8) is 0 Å². The monoisotopic (exact) mass is 214 g/mol. The van der Waals surface area contributed by atoms with Crippen molar-refractivity contribution in [2.75, 3.05) is 13.1 Å². The average molecular weight is 214 g/mol. The topological polar surface area (TPSA) is 62.1 Å². The summed E-state index contributed by atoms with van der Waals surface area (Å²) >= 11 is 0. The van der Waals surface area contributed by atoms with Crippen LogP contribution in [-0.2, 0) is 4.74 Å². The standard InChI is InChI=1S/C10H18N2O3/c1-5-7-12(8-6-11-14)9(13)15-10(2,3)4/h5-6,14H,1,7-8H2,2-4H3/b11-6-. The summed E-state index contributed by atoms with van der Waals surface area (Å²) in [6.07, 6.45) is 2.34. The molecule has 0 fully saturated rings. The Morgan fingerprint density at radius 2 is 2.13 bits per heavy atom. The number of rotatable bonds is 4. The van der Waals surface area contributed by atoms with Crippen LogP contribution in [0.2, 0.25) is 0 Å². The lowest BCUT2D eigenvalue weighted by atomic mass is 10.2. The molecule has 0 atom stereocenters. The molecule has 0 aromatic rings. The first-order chi connectivity index (χ1) is 6.90. The number of hydrogen-bond donors (Lipinski definition) is 1. The fourth-order valence-electron chi connectivity index (χ4n) is 0.841. The summed E-state index contributed by atoms with van der Waals surface area (Å²) in [5.41, 5.74) is -0.535. The third kappa shape index (κ3) is 6.54. The molecule has 0 rings (SSSR count). The summed E-state index contributed by atoms with van der Waals surface area (Å²) < 4.78 is 5.15. The summed E-state index contributed by atoms with van der Waals surface area (Å²) in [6, 6.07) is 0. The van der Waals surface area contributed by atoms with Crippen LogP contribution in [0.15, 0.2) is 17.8 Å². The average Bonchev–Trinajstić information content (AvgIpc) is 2.09. The SMILES string of the molecule is C=CCN(C/C=N\O)C(=O)OC(C)(C)C. The molecule has 0 aromatic heterocycles. The summed E-state index contributed by atoms with van der Waals surface area (Å²) in [6.45, 7) is 9.44. The van der Waals surface area contributed by atoms with E-state index in [0.717, 1.165) is 0 Å². The van der Waals surface area contributed by atoms with Crippen LogP contribution in [0.3, 0.4) is 0 Å². The second kappa shape index (κ2) is 6.06. The Morgan fingerprint density at radius 3 is 2.53 bits per heavy atom. The lowest BCUT2D eigenvalue weighted by molar-refractivity contribution is 0.0300. The van der Waals surface area contributed by atoms with Crippen LogP contribution >= 0.6 is 0 Å². The number of nitrogens with zero attached hydrogens (tertiary/aromatic N) is 2. The van der Waals surface area contributed by atoms with Crippen molar-refractivity contribution >= 4 is 12.3 Å². The smallest absolute Gasteiger partial charge is 0.410 e. The number of oxime groups is 1. The van der Waals surface area contributed by atoms with Gasteiger partial charge in [-0.1, -0.05) is 6.08 Å². The van der Waals surface area contributed by atoms with Gasteiger partial charge in [-0.15, -0.1) is 11.7 Å². The van der Waals surface area contributed by atoms with Crippen LogP contribution in [0.4, 0.5) is 4.79 Å². The number of hydrogen-bond acceptors (Lipinski definition) is 4. The van der Waals surface area contributed by atoms with Crippen molar-refractivity contribution in [2.45, 2.75) is 26.4 Å². The maximum absolute atomic E-state index is 11.6. The maximum atomic E-state index is 11.6. The van der Waals surface area contributed by atoms with E-state index >= 15 is 0 Å². The second-order valence-electron chi connectivity index (χ2n) is 3.97. The van der Waals surface area contributed by atoms with Gasteiger partial charge in [0.05, 0.1) is 12.8 Å². The van der Waals surface area contributed by atoms with Crippen LogP contribution in [-0.4, -0.2) is 41.1 Å². The summed E-state index contributed by atoms with van der Waals surface area (Å²) in [5, 5.41) is 11.1. The molecule has 1 N–H and O–H groups in total. The molecule has 1 amide bonds. The van der Waals surface area contributed by atoms with Gasteiger partial charge in [0.1, 0.15) is 5.60 Å². The third-order valence-corrected chi connectivity index (χ3v) is 1.38. The normalized spacial score (nSPS) is 11.4. The van der Waals surface area contributed by atoms with Gasteiger partial charge in [0.2, 0.25) is 0 Å². The molecule has 0 aliphatic carbocycles. The van der Waals surface area contributed by atoms with Crippen LogP contribution in [0.1, 0.15) is 20.8 Å². The van der Waals surface area contributed by atoms with Gasteiger partial charge in [-0.05, 0) is 20.8 Å². The highest BCUT2D eigenvalue weighted by Gasteiger charge is 2.20. The van der Waals surface area contributed by atoms with Gasteiger partial charge in [-0.2, -0.15) is 0 Å². The lowest BCUT2D eigenvalue weighted by Crippen LogP contribution is -2.37. The fourth-order valence-corrected chi connectivity index (χ4v) is 0.841. The van der Waals surface area contributed by atoms with E-state index in [1.54, 1.807) is 26.8 Å². The Kier molecular flexibility index (Phi) is 5.44. The molecule has 0 heterocycles. The van der Waals surface area contributed by atoms with Crippen molar-refractivity contribution < 1.29 is 14.7 Å². The van der Waals surface area contributed by atoms with E-state index in [1.807, 2.05) is 0 Å². The largest absolute Gasteiger partial charge is 0.444 e. The molecule has 5 nitrogen and oxygen atoms in total. The van der Waals surface area contributed by atoms with Gasteiger partial charge in [-0.25, -0.2) is 4.79 Å². The zero-order valence-electron chi connectivity index (χ0n) is 9.43. The molecule has 15 heavy (non-hydrogen) atoms. The molecular formula is C10H18N2O3. The maximum Gasteiger partial charge on any atom is 0.410 e. The zero-order valence-corrected chi connectivity index (χ0v) is 9.43. The molecule has 0 aliphatic heterocycles. The second-order valence-corrected chi connectivity index (χ2v) is 3.97. The highest BCUT2D eigenvalue weighted by Crippen LogP contribution is 2.09. The van der Waals surface area contributed by atoms with Crippen molar-refractivity contribution in [3.8, 4) is 0 Å². The van der Waals surface area contributed by atoms with E-state index < -0.39 is 11.7 Å². The Hall–Kier alpha value is -1.52. The minimum absolute atomic E-state index is 0.192. The van der Waals surface area contributed by atoms with E-state index in [4.69, 9.17) is 9.94 Å². The van der Waals surface area contributed by atoms with Gasteiger partial charge in [0.25, 0.3) is 0 Å². The van der Waals surface area contributed by atoms with Crippen LogP contribution in [0, 0.1) is 0 Å². The molecule has 86 valence electrons. The fraction of sp³-hybridized carbons (Fsp3) is 0.600. The summed E-state index contributed by atoms with van der Waals surface area (Å²) in [7, 11) is 0. The first-order valence-corrected chi connectivity index (χ1v) is 4.65. The van der Waals surface area contributed by atoms with E-state index in [-0.39, 0.29) is 6.54 Å². The first-order valence-electron chi connectivity index (χ1n) is 4.65. The third-order valence-electron chi connectivity index (χ3n) is 1.38. The van der Waals surface area contributed by atoms with Crippen molar-refractivity contribution in [2.24, 2.45) is 5.16 Å². The summed E-state index contributed by atoms with van der Waals surface area (Å²) in [4.78, 5) is 12.9. The molecule has 0 aliphatic rings. The molecule has 0 saturated heterocycles. The predicted molar refractivity (Wildman–Crippen MR) is 58.3 cm³/mol. The molecule has 0 aromatic carbocycles. The molecule has 0 saturated carbocycles.